The summed E-state index contributed by atoms with van der Waals surface area (Å²) in [4.78, 5) is 24.0. The van der Waals surface area contributed by atoms with Crippen LogP contribution in [0.5, 0.6) is 0 Å². The third-order valence-electron chi connectivity index (χ3n) is 2.42. The SMILES string of the molecule is CCCNc1cnc(C(=O)NCc2noc(C)n2)cn1. The molecule has 2 heterocycles. The zero-order chi connectivity index (χ0) is 14.4. The Kier molecular flexibility index (Phi) is 4.59. The number of carbonyl (C=O) groups excluding carboxylic acids is 1. The fraction of sp³-hybridized carbons (Fsp3) is 0.417. The second-order valence-electron chi connectivity index (χ2n) is 4.13. The molecule has 0 saturated carbocycles. The number of aromatic nitrogens is 4. The first-order chi connectivity index (χ1) is 9.69. The molecule has 2 rings (SSSR count). The zero-order valence-corrected chi connectivity index (χ0v) is 11.4. The molecule has 0 radical (unpaired) electrons. The number of hydrogen-bond acceptors (Lipinski definition) is 7. The molecule has 1 amide bonds. The quantitative estimate of drug-likeness (QED) is 0.808. The topological polar surface area (TPSA) is 106 Å². The van der Waals surface area contributed by atoms with Crippen LogP contribution in [0.3, 0.4) is 0 Å². The van der Waals surface area contributed by atoms with Gasteiger partial charge in [-0.3, -0.25) is 4.79 Å². The molecule has 0 bridgehead atoms. The molecule has 0 atom stereocenters. The third kappa shape index (κ3) is 3.74. The lowest BCUT2D eigenvalue weighted by Crippen LogP contribution is -2.24. The van der Waals surface area contributed by atoms with Gasteiger partial charge in [0.1, 0.15) is 11.5 Å². The van der Waals surface area contributed by atoms with Crippen molar-refractivity contribution < 1.29 is 9.32 Å². The van der Waals surface area contributed by atoms with E-state index in [4.69, 9.17) is 4.52 Å². The van der Waals surface area contributed by atoms with E-state index in [0.717, 1.165) is 13.0 Å². The van der Waals surface area contributed by atoms with Gasteiger partial charge < -0.3 is 15.2 Å². The van der Waals surface area contributed by atoms with Gasteiger partial charge >= 0.3 is 0 Å². The van der Waals surface area contributed by atoms with E-state index < -0.39 is 0 Å². The molecule has 2 N–H and O–H groups in total. The molecule has 0 fully saturated rings. The van der Waals surface area contributed by atoms with Crippen LogP contribution in [0.2, 0.25) is 0 Å². The van der Waals surface area contributed by atoms with Crippen LogP contribution in [-0.4, -0.2) is 32.6 Å². The third-order valence-corrected chi connectivity index (χ3v) is 2.42. The first-order valence-corrected chi connectivity index (χ1v) is 6.32. The van der Waals surface area contributed by atoms with Crippen LogP contribution in [0.4, 0.5) is 5.82 Å². The first-order valence-electron chi connectivity index (χ1n) is 6.32. The Balaban J connectivity index is 1.88. The number of amides is 1. The van der Waals surface area contributed by atoms with Crippen molar-refractivity contribution in [2.75, 3.05) is 11.9 Å². The van der Waals surface area contributed by atoms with E-state index in [2.05, 4.69) is 37.7 Å². The number of rotatable bonds is 6. The lowest BCUT2D eigenvalue weighted by molar-refractivity contribution is 0.0944. The van der Waals surface area contributed by atoms with Crippen LogP contribution in [0, 0.1) is 6.92 Å². The average molecular weight is 276 g/mol. The van der Waals surface area contributed by atoms with Crippen LogP contribution in [-0.2, 0) is 6.54 Å². The van der Waals surface area contributed by atoms with Gasteiger partial charge in [-0.15, -0.1) is 0 Å². The van der Waals surface area contributed by atoms with Crippen LogP contribution < -0.4 is 10.6 Å². The monoisotopic (exact) mass is 276 g/mol. The summed E-state index contributed by atoms with van der Waals surface area (Å²) in [7, 11) is 0. The van der Waals surface area contributed by atoms with Crippen molar-refractivity contribution in [1.82, 2.24) is 25.4 Å². The molecule has 0 unspecified atom stereocenters. The maximum absolute atomic E-state index is 11.8. The van der Waals surface area contributed by atoms with Gasteiger partial charge in [0.25, 0.3) is 5.91 Å². The molecular formula is C12H16N6O2. The van der Waals surface area contributed by atoms with Crippen LogP contribution in [0.1, 0.15) is 35.5 Å². The van der Waals surface area contributed by atoms with Gasteiger partial charge in [-0.05, 0) is 6.42 Å². The summed E-state index contributed by atoms with van der Waals surface area (Å²) < 4.78 is 4.81. The average Bonchev–Trinajstić information content (AvgIpc) is 2.89. The Morgan fingerprint density at radius 1 is 1.35 bits per heavy atom. The highest BCUT2D eigenvalue weighted by atomic mass is 16.5. The summed E-state index contributed by atoms with van der Waals surface area (Å²) in [5.41, 5.74) is 0.243. The standard InChI is InChI=1S/C12H16N6O2/c1-3-4-13-10-6-14-9(5-15-10)12(19)16-7-11-17-8(2)20-18-11/h5-6H,3-4,7H2,1-2H3,(H,13,15)(H,16,19). The van der Waals surface area contributed by atoms with E-state index in [0.29, 0.717) is 17.5 Å². The maximum atomic E-state index is 11.8. The highest BCUT2D eigenvalue weighted by molar-refractivity contribution is 5.91. The molecule has 2 aromatic rings. The van der Waals surface area contributed by atoms with Crippen LogP contribution in [0.15, 0.2) is 16.9 Å². The summed E-state index contributed by atoms with van der Waals surface area (Å²) in [6.45, 7) is 4.75. The van der Waals surface area contributed by atoms with E-state index >= 15 is 0 Å². The second kappa shape index (κ2) is 6.60. The van der Waals surface area contributed by atoms with Gasteiger partial charge in [0.05, 0.1) is 18.9 Å². The fourth-order valence-electron chi connectivity index (χ4n) is 1.45. The lowest BCUT2D eigenvalue weighted by atomic mass is 10.4. The minimum Gasteiger partial charge on any atom is -0.369 e. The largest absolute Gasteiger partial charge is 0.369 e. The molecule has 0 spiro atoms. The second-order valence-corrected chi connectivity index (χ2v) is 4.13. The Morgan fingerprint density at radius 2 is 2.20 bits per heavy atom. The molecule has 106 valence electrons. The van der Waals surface area contributed by atoms with Gasteiger partial charge in [0, 0.05) is 13.5 Å². The fourth-order valence-corrected chi connectivity index (χ4v) is 1.45. The molecule has 8 nitrogen and oxygen atoms in total. The summed E-state index contributed by atoms with van der Waals surface area (Å²) in [5, 5.41) is 9.41. The van der Waals surface area contributed by atoms with E-state index in [1.807, 2.05) is 0 Å². The molecule has 0 aliphatic carbocycles. The number of anilines is 1. The highest BCUT2D eigenvalue weighted by Gasteiger charge is 2.09. The smallest absolute Gasteiger partial charge is 0.271 e. The molecule has 2 aromatic heterocycles. The van der Waals surface area contributed by atoms with Crippen molar-refractivity contribution in [3.8, 4) is 0 Å². The van der Waals surface area contributed by atoms with Crippen molar-refractivity contribution in [3.63, 3.8) is 0 Å². The number of hydrogen-bond donors (Lipinski definition) is 2. The molecule has 20 heavy (non-hydrogen) atoms. The summed E-state index contributed by atoms with van der Waals surface area (Å²) in [6, 6.07) is 0. The number of nitrogens with zero attached hydrogens (tertiary/aromatic N) is 4. The minimum absolute atomic E-state index is 0.188. The maximum Gasteiger partial charge on any atom is 0.271 e. The summed E-state index contributed by atoms with van der Waals surface area (Å²) in [5.74, 6) is 1.20. The van der Waals surface area contributed by atoms with E-state index in [1.54, 1.807) is 6.92 Å². The summed E-state index contributed by atoms with van der Waals surface area (Å²) in [6.07, 6.45) is 3.95. The van der Waals surface area contributed by atoms with Crippen LogP contribution >= 0.6 is 0 Å². The molecule has 0 aliphatic rings. The van der Waals surface area contributed by atoms with Crippen molar-refractivity contribution in [2.45, 2.75) is 26.8 Å². The molecular weight excluding hydrogens is 260 g/mol. The number of nitrogens with one attached hydrogen (secondary N) is 2. The van der Waals surface area contributed by atoms with Gasteiger partial charge in [0.15, 0.2) is 5.82 Å². The van der Waals surface area contributed by atoms with Gasteiger partial charge in [-0.25, -0.2) is 9.97 Å². The van der Waals surface area contributed by atoms with Crippen molar-refractivity contribution >= 4 is 11.7 Å². The normalized spacial score (nSPS) is 10.3. The Morgan fingerprint density at radius 3 is 2.80 bits per heavy atom. The molecule has 0 aromatic carbocycles. The van der Waals surface area contributed by atoms with Gasteiger partial charge in [-0.1, -0.05) is 12.1 Å². The van der Waals surface area contributed by atoms with Crippen LogP contribution in [0.25, 0.3) is 0 Å². The highest BCUT2D eigenvalue weighted by Crippen LogP contribution is 2.01. The Labute approximate surface area is 116 Å². The van der Waals surface area contributed by atoms with Crippen molar-refractivity contribution in [1.29, 1.82) is 0 Å². The predicted molar refractivity (Wildman–Crippen MR) is 71.0 cm³/mol. The van der Waals surface area contributed by atoms with Crippen molar-refractivity contribution in [3.05, 3.63) is 29.8 Å². The van der Waals surface area contributed by atoms with E-state index in [9.17, 15) is 4.79 Å². The van der Waals surface area contributed by atoms with Gasteiger partial charge in [0.2, 0.25) is 5.89 Å². The number of aryl methyl sites for hydroxylation is 1. The Bertz CT molecular complexity index is 566. The zero-order valence-electron chi connectivity index (χ0n) is 11.4. The molecule has 8 heteroatoms. The minimum atomic E-state index is -0.331. The first kappa shape index (κ1) is 13.9. The molecule has 0 aliphatic heterocycles. The lowest BCUT2D eigenvalue weighted by Gasteiger charge is -2.04. The van der Waals surface area contributed by atoms with Crippen molar-refractivity contribution in [2.24, 2.45) is 0 Å². The molecule has 0 saturated heterocycles. The van der Waals surface area contributed by atoms with E-state index in [1.165, 1.54) is 12.4 Å². The Hall–Kier alpha value is -2.51. The number of carbonyl (C=O) groups is 1. The van der Waals surface area contributed by atoms with E-state index in [-0.39, 0.29) is 18.1 Å². The summed E-state index contributed by atoms with van der Waals surface area (Å²) >= 11 is 0. The predicted octanol–water partition coefficient (Wildman–Crippen LogP) is 0.920. The van der Waals surface area contributed by atoms with Gasteiger partial charge in [-0.2, -0.15) is 4.98 Å².